The van der Waals surface area contributed by atoms with Gasteiger partial charge in [-0.2, -0.15) is 0 Å². The average Bonchev–Trinajstić information content (AvgIpc) is 0.722. The van der Waals surface area contributed by atoms with Gasteiger partial charge in [-0.25, -0.2) is 4.39 Å². The van der Waals surface area contributed by atoms with Gasteiger partial charge in [-0.1, -0.05) is 0 Å². The highest BCUT2D eigenvalue weighted by Crippen LogP contribution is 2.08. The van der Waals surface area contributed by atoms with Gasteiger partial charge in [-0.15, -0.1) is 0 Å². The van der Waals surface area contributed by atoms with E-state index in [0.29, 0.717) is 0 Å². The van der Waals surface area contributed by atoms with E-state index in [1.165, 1.54) is 29.5 Å². The fraction of sp³-hybridized carbons (Fsp3) is 1.00. The molecule has 1 nitrogen and oxygen atoms in total. The van der Waals surface area contributed by atoms with Crippen LogP contribution in [0.5, 0.6) is 0 Å². The highest BCUT2D eigenvalue weighted by molar-refractivity contribution is 14.1. The summed E-state index contributed by atoms with van der Waals surface area (Å²) in [5, 5.41) is 0. The molecule has 0 aliphatic heterocycles. The SMILES string of the molecule is CC(N)(F)I. The second-order valence-corrected chi connectivity index (χ2v) is 3.07. The maximum Gasteiger partial charge on any atom is 0.207 e. The largest absolute Gasteiger partial charge is 0.291 e. The van der Waals surface area contributed by atoms with Gasteiger partial charge in [0.1, 0.15) is 0 Å². The number of nitrogens with two attached hydrogens (primary N) is 1. The minimum atomic E-state index is -1.53. The van der Waals surface area contributed by atoms with Crippen LogP contribution >= 0.6 is 22.6 Å². The van der Waals surface area contributed by atoms with Crippen LogP contribution in [0.4, 0.5) is 4.39 Å². The first kappa shape index (κ1) is 5.62. The monoisotopic (exact) mass is 189 g/mol. The lowest BCUT2D eigenvalue weighted by atomic mass is 10.8. The number of halogens is 2. The van der Waals surface area contributed by atoms with E-state index in [-0.39, 0.29) is 0 Å². The zero-order valence-corrected chi connectivity index (χ0v) is 4.99. The molecule has 0 radical (unpaired) electrons. The van der Waals surface area contributed by atoms with Crippen molar-refractivity contribution in [1.29, 1.82) is 0 Å². The van der Waals surface area contributed by atoms with Crippen molar-refractivity contribution in [3.63, 3.8) is 0 Å². The smallest absolute Gasteiger partial charge is 0.207 e. The van der Waals surface area contributed by atoms with Crippen molar-refractivity contribution in [2.45, 2.75) is 10.7 Å². The van der Waals surface area contributed by atoms with Gasteiger partial charge in [0.15, 0.2) is 0 Å². The van der Waals surface area contributed by atoms with E-state index in [0.717, 1.165) is 0 Å². The van der Waals surface area contributed by atoms with Crippen molar-refractivity contribution in [2.75, 3.05) is 0 Å². The third-order valence-corrected chi connectivity index (χ3v) is 0. The van der Waals surface area contributed by atoms with Crippen LogP contribution < -0.4 is 5.73 Å². The molecule has 0 heterocycles. The van der Waals surface area contributed by atoms with Crippen molar-refractivity contribution >= 4 is 22.6 Å². The van der Waals surface area contributed by atoms with Gasteiger partial charge in [-0.05, 0) is 29.5 Å². The van der Waals surface area contributed by atoms with Crippen LogP contribution in [0, 0.1) is 0 Å². The first-order chi connectivity index (χ1) is 2.00. The van der Waals surface area contributed by atoms with Crippen LogP contribution in [0.3, 0.4) is 0 Å². The van der Waals surface area contributed by atoms with Crippen molar-refractivity contribution in [3.05, 3.63) is 0 Å². The van der Waals surface area contributed by atoms with E-state index in [9.17, 15) is 4.39 Å². The van der Waals surface area contributed by atoms with Crippen LogP contribution in [0.15, 0.2) is 0 Å². The maximum atomic E-state index is 11.5. The predicted molar refractivity (Wildman–Crippen MR) is 27.7 cm³/mol. The molecule has 1 atom stereocenters. The molecule has 0 bridgehead atoms. The molecule has 0 amide bonds. The molecule has 3 heteroatoms. The van der Waals surface area contributed by atoms with Crippen LogP contribution in [0.1, 0.15) is 6.92 Å². The van der Waals surface area contributed by atoms with Gasteiger partial charge in [0, 0.05) is 0 Å². The Morgan fingerprint density at radius 3 is 2.00 bits per heavy atom. The zero-order chi connectivity index (χ0) is 4.50. The maximum absolute atomic E-state index is 11.5. The lowest BCUT2D eigenvalue weighted by molar-refractivity contribution is 0.351. The molecular weight excluding hydrogens is 184 g/mol. The summed E-state index contributed by atoms with van der Waals surface area (Å²) in [5.74, 6) is 0. The minimum Gasteiger partial charge on any atom is -0.291 e. The van der Waals surface area contributed by atoms with Crippen LogP contribution in [-0.2, 0) is 0 Å². The van der Waals surface area contributed by atoms with Crippen LogP contribution in [0.2, 0.25) is 0 Å². The number of alkyl halides is 2. The minimum absolute atomic E-state index is 1.29. The molecule has 1 unspecified atom stereocenters. The number of rotatable bonds is 0. The quantitative estimate of drug-likeness (QED) is 0.343. The third kappa shape index (κ3) is 82.5. The molecule has 0 aromatic carbocycles. The lowest BCUT2D eigenvalue weighted by Gasteiger charge is -1.97. The van der Waals surface area contributed by atoms with E-state index in [2.05, 4.69) is 5.73 Å². The summed E-state index contributed by atoms with van der Waals surface area (Å²) in [5.41, 5.74) is 4.67. The number of hydrogen-bond donors (Lipinski definition) is 1. The molecule has 0 spiro atoms. The molecular formula is C2H5FIN. The summed E-state index contributed by atoms with van der Waals surface area (Å²) in [6.07, 6.45) is 0. The average molecular weight is 189 g/mol. The Morgan fingerprint density at radius 1 is 2.00 bits per heavy atom. The Kier molecular flexibility index (Phi) is 1.55. The molecule has 0 aromatic heterocycles. The van der Waals surface area contributed by atoms with Gasteiger partial charge in [-0.3, -0.25) is 5.73 Å². The third-order valence-electron chi connectivity index (χ3n) is 0. The summed E-state index contributed by atoms with van der Waals surface area (Å²) in [6, 6.07) is 0. The van der Waals surface area contributed by atoms with Gasteiger partial charge < -0.3 is 0 Å². The molecule has 0 rings (SSSR count). The highest BCUT2D eigenvalue weighted by atomic mass is 127. The van der Waals surface area contributed by atoms with Gasteiger partial charge in [0.2, 0.25) is 3.80 Å². The van der Waals surface area contributed by atoms with Gasteiger partial charge in [0.05, 0.1) is 0 Å². The van der Waals surface area contributed by atoms with E-state index in [1.54, 1.807) is 0 Å². The predicted octanol–water partition coefficient (Wildman–Crippen LogP) is 1.02. The van der Waals surface area contributed by atoms with E-state index in [1.807, 2.05) is 0 Å². The molecule has 0 aromatic rings. The normalized spacial score (nSPS) is 21.6. The topological polar surface area (TPSA) is 26.0 Å². The summed E-state index contributed by atoms with van der Waals surface area (Å²) >= 11 is 1.49. The molecule has 5 heavy (non-hydrogen) atoms. The summed E-state index contributed by atoms with van der Waals surface area (Å²) in [4.78, 5) is 0. The van der Waals surface area contributed by atoms with E-state index < -0.39 is 3.80 Å². The van der Waals surface area contributed by atoms with Gasteiger partial charge in [0.25, 0.3) is 0 Å². The summed E-state index contributed by atoms with van der Waals surface area (Å²) in [7, 11) is 0. The Labute approximate surface area is 43.9 Å². The first-order valence-corrected chi connectivity index (χ1v) is 2.25. The van der Waals surface area contributed by atoms with Crippen LogP contribution in [-0.4, -0.2) is 3.80 Å². The highest BCUT2D eigenvalue weighted by Gasteiger charge is 2.05. The van der Waals surface area contributed by atoms with Crippen molar-refractivity contribution in [3.8, 4) is 0 Å². The Balaban J connectivity index is 3.02. The molecule has 32 valence electrons. The van der Waals surface area contributed by atoms with Crippen molar-refractivity contribution in [1.82, 2.24) is 0 Å². The zero-order valence-electron chi connectivity index (χ0n) is 2.83. The molecule has 0 fully saturated rings. The van der Waals surface area contributed by atoms with Crippen LogP contribution in [0.25, 0.3) is 0 Å². The van der Waals surface area contributed by atoms with E-state index >= 15 is 0 Å². The molecule has 0 aliphatic carbocycles. The summed E-state index contributed by atoms with van der Waals surface area (Å²) in [6.45, 7) is 1.29. The molecule has 0 saturated heterocycles. The standard InChI is InChI=1S/C2H5FIN/c1-2(3,4)5/h5H2,1H3. The van der Waals surface area contributed by atoms with Crippen molar-refractivity contribution in [2.24, 2.45) is 5.73 Å². The lowest BCUT2D eigenvalue weighted by Crippen LogP contribution is -2.19. The molecule has 0 saturated carbocycles. The van der Waals surface area contributed by atoms with E-state index in [4.69, 9.17) is 0 Å². The second kappa shape index (κ2) is 1.38. The molecule has 2 N–H and O–H groups in total. The van der Waals surface area contributed by atoms with Gasteiger partial charge >= 0.3 is 0 Å². The Bertz CT molecular complexity index is 25.1. The second-order valence-electron chi connectivity index (χ2n) is 0.956. The fourth-order valence-corrected chi connectivity index (χ4v) is 0. The Morgan fingerprint density at radius 2 is 2.00 bits per heavy atom. The van der Waals surface area contributed by atoms with Crippen molar-refractivity contribution < 1.29 is 4.39 Å². The summed E-state index contributed by atoms with van der Waals surface area (Å²) < 4.78 is 9.92. The Hall–Kier alpha value is 0.620. The fourth-order valence-electron chi connectivity index (χ4n) is 0. The number of hydrogen-bond acceptors (Lipinski definition) is 1. The molecule has 0 aliphatic rings. The first-order valence-electron chi connectivity index (χ1n) is 1.17.